The summed E-state index contributed by atoms with van der Waals surface area (Å²) in [5, 5.41) is 9.22. The maximum Gasteiger partial charge on any atom is 0.233 e. The van der Waals surface area contributed by atoms with Gasteiger partial charge in [-0.15, -0.1) is 10.2 Å². The Hall–Kier alpha value is -3.00. The predicted octanol–water partition coefficient (Wildman–Crippen LogP) is 3.96. The van der Waals surface area contributed by atoms with Crippen molar-refractivity contribution in [3.05, 3.63) is 66.0 Å². The third-order valence-corrected chi connectivity index (χ3v) is 6.92. The molecule has 1 amide bonds. The van der Waals surface area contributed by atoms with Crippen molar-refractivity contribution >= 4 is 23.4 Å². The lowest BCUT2D eigenvalue weighted by Crippen LogP contribution is -2.49. The van der Waals surface area contributed by atoms with Crippen molar-refractivity contribution in [3.8, 4) is 5.75 Å². The molecule has 0 radical (unpaired) electrons. The van der Waals surface area contributed by atoms with Crippen LogP contribution in [-0.2, 0) is 18.4 Å². The standard InChI is InChI=1S/C25H31N5O2S/c1-19(2)20-9-11-22(12-10-20)32-17-23-26-27-25(28(23)3)33-18-24(31)30-15-13-29(14-16-30)21-7-5-4-6-8-21/h4-12,19H,13-18H2,1-3H3. The van der Waals surface area contributed by atoms with Gasteiger partial charge in [0, 0.05) is 38.9 Å². The molecule has 2 aromatic carbocycles. The van der Waals surface area contributed by atoms with Gasteiger partial charge in [0.1, 0.15) is 12.4 Å². The molecular formula is C25H31N5O2S. The molecular weight excluding hydrogens is 434 g/mol. The van der Waals surface area contributed by atoms with E-state index in [1.54, 1.807) is 0 Å². The quantitative estimate of drug-likeness (QED) is 0.469. The van der Waals surface area contributed by atoms with E-state index in [0.717, 1.165) is 42.9 Å². The second-order valence-corrected chi connectivity index (χ2v) is 9.40. The number of rotatable bonds is 8. The Morgan fingerprint density at radius 1 is 1.00 bits per heavy atom. The molecule has 0 unspecified atom stereocenters. The fraction of sp³-hybridized carbons (Fsp3) is 0.400. The number of anilines is 1. The number of ether oxygens (including phenoxy) is 1. The first-order valence-corrected chi connectivity index (χ1v) is 12.3. The number of nitrogens with zero attached hydrogens (tertiary/aromatic N) is 5. The van der Waals surface area contributed by atoms with E-state index in [2.05, 4.69) is 53.2 Å². The van der Waals surface area contributed by atoms with Gasteiger partial charge >= 0.3 is 0 Å². The summed E-state index contributed by atoms with van der Waals surface area (Å²) in [6.07, 6.45) is 0. The van der Waals surface area contributed by atoms with E-state index < -0.39 is 0 Å². The minimum absolute atomic E-state index is 0.138. The number of carbonyl (C=O) groups excluding carboxylic acids is 1. The van der Waals surface area contributed by atoms with Gasteiger partial charge in [-0.3, -0.25) is 4.79 Å². The van der Waals surface area contributed by atoms with Crippen LogP contribution in [0.25, 0.3) is 0 Å². The number of carbonyl (C=O) groups is 1. The molecule has 0 bridgehead atoms. The highest BCUT2D eigenvalue weighted by Gasteiger charge is 2.22. The SMILES string of the molecule is CC(C)c1ccc(OCc2nnc(SCC(=O)N3CCN(c4ccccc4)CC3)n2C)cc1. The molecule has 0 N–H and O–H groups in total. The van der Waals surface area contributed by atoms with Crippen LogP contribution in [0.15, 0.2) is 59.8 Å². The Morgan fingerprint density at radius 3 is 2.36 bits per heavy atom. The number of para-hydroxylation sites is 1. The van der Waals surface area contributed by atoms with Crippen molar-refractivity contribution in [2.75, 3.05) is 36.8 Å². The molecule has 1 fully saturated rings. The highest BCUT2D eigenvalue weighted by molar-refractivity contribution is 7.99. The highest BCUT2D eigenvalue weighted by atomic mass is 32.2. The maximum atomic E-state index is 12.7. The largest absolute Gasteiger partial charge is 0.486 e. The molecule has 1 aliphatic heterocycles. The van der Waals surface area contributed by atoms with Crippen LogP contribution in [-0.4, -0.2) is 57.5 Å². The maximum absolute atomic E-state index is 12.7. The van der Waals surface area contributed by atoms with E-state index in [4.69, 9.17) is 4.74 Å². The topological polar surface area (TPSA) is 63.5 Å². The van der Waals surface area contributed by atoms with E-state index >= 15 is 0 Å². The van der Waals surface area contributed by atoms with Gasteiger partial charge in [-0.2, -0.15) is 0 Å². The lowest BCUT2D eigenvalue weighted by atomic mass is 10.0. The van der Waals surface area contributed by atoms with Crippen molar-refractivity contribution < 1.29 is 9.53 Å². The molecule has 1 aromatic heterocycles. The molecule has 1 saturated heterocycles. The molecule has 174 valence electrons. The molecule has 0 aliphatic carbocycles. The van der Waals surface area contributed by atoms with Crippen LogP contribution in [0.5, 0.6) is 5.75 Å². The Kier molecular flexibility index (Phi) is 7.54. The monoisotopic (exact) mass is 465 g/mol. The fourth-order valence-electron chi connectivity index (χ4n) is 3.76. The molecule has 33 heavy (non-hydrogen) atoms. The molecule has 2 heterocycles. The van der Waals surface area contributed by atoms with Crippen LogP contribution in [0.2, 0.25) is 0 Å². The van der Waals surface area contributed by atoms with Crippen LogP contribution in [0.3, 0.4) is 0 Å². The van der Waals surface area contributed by atoms with Crippen molar-refractivity contribution in [3.63, 3.8) is 0 Å². The third kappa shape index (κ3) is 5.87. The number of hydrogen-bond acceptors (Lipinski definition) is 6. The van der Waals surface area contributed by atoms with Crippen molar-refractivity contribution in [2.45, 2.75) is 31.5 Å². The van der Waals surface area contributed by atoms with Crippen LogP contribution < -0.4 is 9.64 Å². The van der Waals surface area contributed by atoms with Gasteiger partial charge in [0.25, 0.3) is 0 Å². The van der Waals surface area contributed by atoms with Gasteiger partial charge in [-0.25, -0.2) is 0 Å². The van der Waals surface area contributed by atoms with E-state index in [0.29, 0.717) is 18.3 Å². The minimum Gasteiger partial charge on any atom is -0.486 e. The number of thioether (sulfide) groups is 1. The second kappa shape index (κ2) is 10.7. The molecule has 4 rings (SSSR count). The molecule has 0 spiro atoms. The summed E-state index contributed by atoms with van der Waals surface area (Å²) in [6.45, 7) is 7.85. The van der Waals surface area contributed by atoms with E-state index in [1.165, 1.54) is 23.0 Å². The fourth-order valence-corrected chi connectivity index (χ4v) is 4.60. The molecule has 8 heteroatoms. The van der Waals surface area contributed by atoms with Crippen LogP contribution in [0, 0.1) is 0 Å². The summed E-state index contributed by atoms with van der Waals surface area (Å²) in [6, 6.07) is 18.5. The molecule has 1 aliphatic rings. The summed E-state index contributed by atoms with van der Waals surface area (Å²) in [5.74, 6) is 2.52. The molecule has 0 saturated carbocycles. The van der Waals surface area contributed by atoms with Crippen LogP contribution >= 0.6 is 11.8 Å². The Bertz CT molecular complexity index is 1040. The smallest absolute Gasteiger partial charge is 0.233 e. The van der Waals surface area contributed by atoms with Crippen LogP contribution in [0.4, 0.5) is 5.69 Å². The first kappa shape index (κ1) is 23.2. The van der Waals surface area contributed by atoms with Crippen LogP contribution in [0.1, 0.15) is 31.2 Å². The average Bonchev–Trinajstić information content (AvgIpc) is 3.21. The number of benzene rings is 2. The Balaban J connectivity index is 1.24. The minimum atomic E-state index is 0.138. The van der Waals surface area contributed by atoms with Gasteiger partial charge in [0.2, 0.25) is 5.91 Å². The number of amides is 1. The number of hydrogen-bond donors (Lipinski definition) is 0. The van der Waals surface area contributed by atoms with E-state index in [-0.39, 0.29) is 5.91 Å². The third-order valence-electron chi connectivity index (χ3n) is 5.92. The summed E-state index contributed by atoms with van der Waals surface area (Å²) < 4.78 is 7.77. The van der Waals surface area contributed by atoms with E-state index in [1.807, 2.05) is 46.8 Å². The van der Waals surface area contributed by atoms with Gasteiger partial charge in [0.15, 0.2) is 11.0 Å². The van der Waals surface area contributed by atoms with Gasteiger partial charge in [-0.1, -0.05) is 55.9 Å². The number of piperazine rings is 1. The summed E-state index contributed by atoms with van der Waals surface area (Å²) in [7, 11) is 1.91. The zero-order valence-electron chi connectivity index (χ0n) is 19.5. The number of aromatic nitrogens is 3. The lowest BCUT2D eigenvalue weighted by Gasteiger charge is -2.36. The first-order valence-electron chi connectivity index (χ1n) is 11.3. The van der Waals surface area contributed by atoms with Gasteiger partial charge < -0.3 is 19.1 Å². The zero-order valence-corrected chi connectivity index (χ0v) is 20.3. The summed E-state index contributed by atoms with van der Waals surface area (Å²) in [5.41, 5.74) is 2.49. The Labute approximate surface area is 199 Å². The van der Waals surface area contributed by atoms with Gasteiger partial charge in [0.05, 0.1) is 5.75 Å². The highest BCUT2D eigenvalue weighted by Crippen LogP contribution is 2.21. The zero-order chi connectivity index (χ0) is 23.2. The summed E-state index contributed by atoms with van der Waals surface area (Å²) in [4.78, 5) is 17.0. The van der Waals surface area contributed by atoms with Gasteiger partial charge in [-0.05, 0) is 35.7 Å². The summed E-state index contributed by atoms with van der Waals surface area (Å²) >= 11 is 1.42. The molecule has 3 aromatic rings. The molecule has 7 nitrogen and oxygen atoms in total. The Morgan fingerprint density at radius 2 is 1.70 bits per heavy atom. The molecule has 0 atom stereocenters. The van der Waals surface area contributed by atoms with Crippen molar-refractivity contribution in [2.24, 2.45) is 7.05 Å². The first-order chi connectivity index (χ1) is 16.0. The van der Waals surface area contributed by atoms with Crippen molar-refractivity contribution in [1.29, 1.82) is 0 Å². The second-order valence-electron chi connectivity index (χ2n) is 8.46. The lowest BCUT2D eigenvalue weighted by molar-refractivity contribution is -0.128. The normalized spacial score (nSPS) is 14.1. The average molecular weight is 466 g/mol. The predicted molar refractivity (Wildman–Crippen MR) is 132 cm³/mol. The van der Waals surface area contributed by atoms with Crippen molar-refractivity contribution in [1.82, 2.24) is 19.7 Å². The van der Waals surface area contributed by atoms with E-state index in [9.17, 15) is 4.79 Å².